The Kier molecular flexibility index (Phi) is 4.97. The van der Waals surface area contributed by atoms with Crippen molar-refractivity contribution in [2.75, 3.05) is 11.9 Å². The minimum atomic E-state index is -0.999. The number of benzene rings is 1. The standard InChI is InChI=1S/C17H17ClN4O3S/c1-17(2)14(24)22(16(25)21-17)9-13(23)20-15-19-8-11(26-15)7-10-5-3-4-6-12(10)18/h3-6,8H,7,9H2,1-2H3,(H,21,25)(H,19,20,23). The van der Waals surface area contributed by atoms with Crippen LogP contribution in [0, 0.1) is 0 Å². The van der Waals surface area contributed by atoms with Crippen LogP contribution in [0.3, 0.4) is 0 Å². The first-order chi connectivity index (χ1) is 12.3. The zero-order chi connectivity index (χ0) is 18.9. The summed E-state index contributed by atoms with van der Waals surface area (Å²) in [5, 5.41) is 6.23. The van der Waals surface area contributed by atoms with E-state index in [0.29, 0.717) is 16.6 Å². The highest BCUT2D eigenvalue weighted by atomic mass is 35.5. The lowest BCUT2D eigenvalue weighted by Gasteiger charge is -2.15. The SMILES string of the molecule is CC1(C)NC(=O)N(CC(=O)Nc2ncc(Cc3ccccc3Cl)s2)C1=O. The second-order valence-electron chi connectivity index (χ2n) is 6.39. The first-order valence-corrected chi connectivity index (χ1v) is 9.08. The van der Waals surface area contributed by atoms with E-state index in [4.69, 9.17) is 11.6 Å². The summed E-state index contributed by atoms with van der Waals surface area (Å²) < 4.78 is 0. The summed E-state index contributed by atoms with van der Waals surface area (Å²) in [5.41, 5.74) is -0.0297. The Morgan fingerprint density at radius 2 is 2.08 bits per heavy atom. The van der Waals surface area contributed by atoms with Gasteiger partial charge in [-0.15, -0.1) is 11.3 Å². The highest BCUT2D eigenvalue weighted by Crippen LogP contribution is 2.25. The third-order valence-corrected chi connectivity index (χ3v) is 5.15. The molecule has 0 unspecified atom stereocenters. The van der Waals surface area contributed by atoms with Gasteiger partial charge in [0.2, 0.25) is 5.91 Å². The molecule has 0 spiro atoms. The second kappa shape index (κ2) is 7.05. The van der Waals surface area contributed by atoms with Crippen LogP contribution in [-0.4, -0.2) is 39.8 Å². The first kappa shape index (κ1) is 18.3. The van der Waals surface area contributed by atoms with Crippen molar-refractivity contribution in [1.29, 1.82) is 0 Å². The minimum Gasteiger partial charge on any atom is -0.324 e. The third-order valence-electron chi connectivity index (χ3n) is 3.87. The molecule has 0 radical (unpaired) electrons. The highest BCUT2D eigenvalue weighted by Gasteiger charge is 2.44. The van der Waals surface area contributed by atoms with E-state index in [1.54, 1.807) is 20.0 Å². The molecular weight excluding hydrogens is 376 g/mol. The lowest BCUT2D eigenvalue weighted by molar-refractivity contribution is -0.132. The molecule has 1 aromatic carbocycles. The van der Waals surface area contributed by atoms with Crippen LogP contribution in [0.4, 0.5) is 9.93 Å². The summed E-state index contributed by atoms with van der Waals surface area (Å²) >= 11 is 7.47. The van der Waals surface area contributed by atoms with Gasteiger partial charge in [0.15, 0.2) is 5.13 Å². The maximum absolute atomic E-state index is 12.2. The van der Waals surface area contributed by atoms with E-state index >= 15 is 0 Å². The Balaban J connectivity index is 1.61. The van der Waals surface area contributed by atoms with Crippen molar-refractivity contribution >= 4 is 45.9 Å². The van der Waals surface area contributed by atoms with Gasteiger partial charge < -0.3 is 10.6 Å². The number of thiazole rings is 1. The molecule has 3 rings (SSSR count). The van der Waals surface area contributed by atoms with Crippen molar-refractivity contribution in [3.8, 4) is 0 Å². The van der Waals surface area contributed by atoms with Gasteiger partial charge in [-0.25, -0.2) is 9.78 Å². The number of carbonyl (C=O) groups is 3. The Hall–Kier alpha value is -2.45. The summed E-state index contributed by atoms with van der Waals surface area (Å²) in [5.74, 6) is -0.916. The number of amides is 4. The molecule has 2 N–H and O–H groups in total. The molecule has 26 heavy (non-hydrogen) atoms. The van der Waals surface area contributed by atoms with Crippen LogP contribution in [0.25, 0.3) is 0 Å². The van der Waals surface area contributed by atoms with E-state index in [0.717, 1.165) is 15.3 Å². The molecule has 2 aromatic rings. The van der Waals surface area contributed by atoms with E-state index in [9.17, 15) is 14.4 Å². The molecule has 7 nitrogen and oxygen atoms in total. The number of nitrogens with one attached hydrogen (secondary N) is 2. The van der Waals surface area contributed by atoms with Crippen molar-refractivity contribution in [2.24, 2.45) is 0 Å². The number of hydrogen-bond donors (Lipinski definition) is 2. The monoisotopic (exact) mass is 392 g/mol. The normalized spacial score (nSPS) is 15.9. The number of hydrogen-bond acceptors (Lipinski definition) is 5. The van der Waals surface area contributed by atoms with Crippen LogP contribution >= 0.6 is 22.9 Å². The Labute approximate surface area is 159 Å². The van der Waals surface area contributed by atoms with Crippen molar-refractivity contribution in [1.82, 2.24) is 15.2 Å². The van der Waals surface area contributed by atoms with E-state index in [1.165, 1.54) is 11.3 Å². The first-order valence-electron chi connectivity index (χ1n) is 7.88. The van der Waals surface area contributed by atoms with Crippen LogP contribution in [0.5, 0.6) is 0 Å². The molecular formula is C17H17ClN4O3S. The molecule has 136 valence electrons. The number of anilines is 1. The summed E-state index contributed by atoms with van der Waals surface area (Å²) in [6.45, 7) is 2.83. The number of rotatable bonds is 5. The summed E-state index contributed by atoms with van der Waals surface area (Å²) in [7, 11) is 0. The minimum absolute atomic E-state index is 0.354. The predicted molar refractivity (Wildman–Crippen MR) is 99.3 cm³/mol. The molecule has 0 saturated carbocycles. The van der Waals surface area contributed by atoms with Crippen LogP contribution in [0.15, 0.2) is 30.5 Å². The van der Waals surface area contributed by atoms with Crippen molar-refractivity contribution in [2.45, 2.75) is 25.8 Å². The number of aromatic nitrogens is 1. The second-order valence-corrected chi connectivity index (χ2v) is 7.92. The fourth-order valence-electron chi connectivity index (χ4n) is 2.54. The number of urea groups is 1. The number of imide groups is 1. The lowest BCUT2D eigenvalue weighted by atomic mass is 10.1. The molecule has 1 fully saturated rings. The topological polar surface area (TPSA) is 91.4 Å². The molecule has 1 aromatic heterocycles. The fourth-order valence-corrected chi connectivity index (χ4v) is 3.59. The molecule has 1 saturated heterocycles. The van der Waals surface area contributed by atoms with Crippen molar-refractivity contribution in [3.05, 3.63) is 45.9 Å². The molecule has 4 amide bonds. The summed E-state index contributed by atoms with van der Waals surface area (Å²) in [6, 6.07) is 6.94. The van der Waals surface area contributed by atoms with Gasteiger partial charge >= 0.3 is 6.03 Å². The molecule has 0 bridgehead atoms. The zero-order valence-corrected chi connectivity index (χ0v) is 15.8. The van der Waals surface area contributed by atoms with Gasteiger partial charge in [0, 0.05) is 22.5 Å². The lowest BCUT2D eigenvalue weighted by Crippen LogP contribution is -2.41. The van der Waals surface area contributed by atoms with Crippen LogP contribution in [0.1, 0.15) is 24.3 Å². The van der Waals surface area contributed by atoms with Gasteiger partial charge in [-0.05, 0) is 25.5 Å². The van der Waals surface area contributed by atoms with E-state index in [1.807, 2.05) is 24.3 Å². The van der Waals surface area contributed by atoms with Gasteiger partial charge in [-0.3, -0.25) is 14.5 Å². The Morgan fingerprint density at radius 1 is 1.35 bits per heavy atom. The van der Waals surface area contributed by atoms with Gasteiger partial charge in [0.05, 0.1) is 0 Å². The van der Waals surface area contributed by atoms with Crippen molar-refractivity contribution in [3.63, 3.8) is 0 Å². The van der Waals surface area contributed by atoms with E-state index < -0.39 is 23.4 Å². The van der Waals surface area contributed by atoms with Gasteiger partial charge in [0.25, 0.3) is 5.91 Å². The average Bonchev–Trinajstić information content (AvgIpc) is 3.07. The van der Waals surface area contributed by atoms with E-state index in [2.05, 4.69) is 15.6 Å². The zero-order valence-electron chi connectivity index (χ0n) is 14.2. The Morgan fingerprint density at radius 3 is 2.73 bits per heavy atom. The van der Waals surface area contributed by atoms with Gasteiger partial charge in [-0.2, -0.15) is 0 Å². The van der Waals surface area contributed by atoms with Gasteiger partial charge in [0.1, 0.15) is 12.1 Å². The summed E-state index contributed by atoms with van der Waals surface area (Å²) in [4.78, 5) is 42.1. The fraction of sp³-hybridized carbons (Fsp3) is 0.294. The predicted octanol–water partition coefficient (Wildman–Crippen LogP) is 2.66. The Bertz CT molecular complexity index is 880. The maximum atomic E-state index is 12.2. The van der Waals surface area contributed by atoms with Crippen molar-refractivity contribution < 1.29 is 14.4 Å². The summed E-state index contributed by atoms with van der Waals surface area (Å²) in [6.07, 6.45) is 2.27. The molecule has 9 heteroatoms. The number of carbonyl (C=O) groups excluding carboxylic acids is 3. The molecule has 2 heterocycles. The third kappa shape index (κ3) is 3.86. The largest absolute Gasteiger partial charge is 0.325 e. The maximum Gasteiger partial charge on any atom is 0.325 e. The van der Waals surface area contributed by atoms with Gasteiger partial charge in [-0.1, -0.05) is 29.8 Å². The number of nitrogens with zero attached hydrogens (tertiary/aromatic N) is 2. The van der Waals surface area contributed by atoms with Crippen LogP contribution < -0.4 is 10.6 Å². The average molecular weight is 393 g/mol. The molecule has 1 aliphatic heterocycles. The molecule has 0 atom stereocenters. The van der Waals surface area contributed by atoms with E-state index in [-0.39, 0.29) is 6.54 Å². The van der Waals surface area contributed by atoms with Crippen LogP contribution in [-0.2, 0) is 16.0 Å². The number of halogens is 1. The molecule has 0 aliphatic carbocycles. The smallest absolute Gasteiger partial charge is 0.324 e. The highest BCUT2D eigenvalue weighted by molar-refractivity contribution is 7.15. The quantitative estimate of drug-likeness (QED) is 0.765. The van der Waals surface area contributed by atoms with Crippen LogP contribution in [0.2, 0.25) is 5.02 Å². The molecule has 1 aliphatic rings.